The van der Waals surface area contributed by atoms with Gasteiger partial charge in [0.05, 0.1) is 11.2 Å². The molecule has 0 spiro atoms. The number of benzene rings is 1. The number of β-amino-alcohol motifs (C(OH)–C–C–N with tert-alkyl or cyclic N) is 1. The van der Waals surface area contributed by atoms with Gasteiger partial charge < -0.3 is 10.0 Å². The third-order valence-corrected chi connectivity index (χ3v) is 4.38. The topological polar surface area (TPSA) is 43.8 Å². The summed E-state index contributed by atoms with van der Waals surface area (Å²) < 4.78 is 38.6. The third kappa shape index (κ3) is 4.70. The normalized spacial score (nSPS) is 19.7. The summed E-state index contributed by atoms with van der Waals surface area (Å²) in [5.74, 6) is 0.0153. The first-order valence-electron chi connectivity index (χ1n) is 7.97. The molecule has 0 saturated carbocycles. The number of carbonyl (C=O) groups is 1. The summed E-state index contributed by atoms with van der Waals surface area (Å²) in [4.78, 5) is 15.2. The van der Waals surface area contributed by atoms with E-state index in [0.29, 0.717) is 26.2 Å². The lowest BCUT2D eigenvalue weighted by Gasteiger charge is -2.31. The van der Waals surface area contributed by atoms with Crippen molar-refractivity contribution >= 4 is 5.91 Å². The van der Waals surface area contributed by atoms with Gasteiger partial charge in [-0.25, -0.2) is 0 Å². The van der Waals surface area contributed by atoms with Crippen LogP contribution in [0.1, 0.15) is 31.4 Å². The van der Waals surface area contributed by atoms with Crippen LogP contribution in [0.15, 0.2) is 24.3 Å². The minimum Gasteiger partial charge on any atom is -0.384 e. The summed E-state index contributed by atoms with van der Waals surface area (Å²) in [6.07, 6.45) is -3.66. The molecule has 0 aromatic heterocycles. The molecule has 1 aliphatic heterocycles. The molecule has 2 rings (SSSR count). The Balaban J connectivity index is 2.09. The number of aliphatic hydroxyl groups is 1. The molecule has 1 aliphatic rings. The van der Waals surface area contributed by atoms with Crippen LogP contribution in [0.5, 0.6) is 0 Å². The van der Waals surface area contributed by atoms with Gasteiger partial charge in [0.25, 0.3) is 0 Å². The summed E-state index contributed by atoms with van der Waals surface area (Å²) in [6, 6.07) is 4.82. The van der Waals surface area contributed by atoms with Gasteiger partial charge in [-0.1, -0.05) is 12.1 Å². The molecule has 1 unspecified atom stereocenters. The molecule has 0 aliphatic carbocycles. The van der Waals surface area contributed by atoms with E-state index in [4.69, 9.17) is 0 Å². The average molecular weight is 344 g/mol. The molecule has 24 heavy (non-hydrogen) atoms. The number of hydrogen-bond acceptors (Lipinski definition) is 3. The Bertz CT molecular complexity index is 587. The zero-order valence-corrected chi connectivity index (χ0v) is 13.9. The Morgan fingerprint density at radius 1 is 1.17 bits per heavy atom. The van der Waals surface area contributed by atoms with Gasteiger partial charge in [0, 0.05) is 39.6 Å². The van der Waals surface area contributed by atoms with Crippen LogP contribution in [0.4, 0.5) is 13.2 Å². The molecular formula is C17H23F3N2O2. The predicted molar refractivity (Wildman–Crippen MR) is 84.3 cm³/mol. The molecule has 0 radical (unpaired) electrons. The van der Waals surface area contributed by atoms with Crippen LogP contribution in [0.25, 0.3) is 0 Å². The Hall–Kier alpha value is -1.60. The van der Waals surface area contributed by atoms with E-state index in [1.54, 1.807) is 4.90 Å². The summed E-state index contributed by atoms with van der Waals surface area (Å²) in [6.45, 7) is 5.78. The molecule has 134 valence electrons. The Morgan fingerprint density at radius 2 is 1.83 bits per heavy atom. The molecule has 1 amide bonds. The highest BCUT2D eigenvalue weighted by atomic mass is 19.4. The Kier molecular flexibility index (Phi) is 5.55. The van der Waals surface area contributed by atoms with Crippen molar-refractivity contribution < 1.29 is 23.1 Å². The quantitative estimate of drug-likeness (QED) is 0.916. The molecule has 1 atom stereocenters. The van der Waals surface area contributed by atoms with E-state index >= 15 is 0 Å². The van der Waals surface area contributed by atoms with E-state index in [-0.39, 0.29) is 18.0 Å². The van der Waals surface area contributed by atoms with Crippen molar-refractivity contribution in [2.24, 2.45) is 0 Å². The summed E-state index contributed by atoms with van der Waals surface area (Å²) in [5, 5.41) is 10.7. The first-order chi connectivity index (χ1) is 11.1. The molecule has 1 saturated heterocycles. The van der Waals surface area contributed by atoms with Crippen LogP contribution < -0.4 is 0 Å². The number of halogens is 3. The highest BCUT2D eigenvalue weighted by Gasteiger charge is 2.33. The fourth-order valence-electron chi connectivity index (χ4n) is 3.00. The van der Waals surface area contributed by atoms with Gasteiger partial charge in [0.2, 0.25) is 5.91 Å². The Labute approximate surface area is 139 Å². The second-order valence-corrected chi connectivity index (χ2v) is 6.49. The molecule has 0 bridgehead atoms. The van der Waals surface area contributed by atoms with Crippen LogP contribution >= 0.6 is 0 Å². The number of rotatable bonds is 3. The lowest BCUT2D eigenvalue weighted by Crippen LogP contribution is -2.41. The molecule has 1 N–H and O–H groups in total. The zero-order valence-electron chi connectivity index (χ0n) is 13.9. The lowest BCUT2D eigenvalue weighted by atomic mass is 9.93. The van der Waals surface area contributed by atoms with Crippen LogP contribution in [0, 0.1) is 0 Å². The second-order valence-electron chi connectivity index (χ2n) is 6.49. The van der Waals surface area contributed by atoms with E-state index in [9.17, 15) is 23.1 Å². The number of alkyl halides is 3. The molecule has 1 heterocycles. The molecule has 1 fully saturated rings. The van der Waals surface area contributed by atoms with Crippen molar-refractivity contribution in [1.29, 1.82) is 0 Å². The van der Waals surface area contributed by atoms with Gasteiger partial charge in [-0.2, -0.15) is 13.2 Å². The van der Waals surface area contributed by atoms with E-state index in [2.05, 4.69) is 0 Å². The first-order valence-corrected chi connectivity index (χ1v) is 7.97. The van der Waals surface area contributed by atoms with E-state index < -0.39 is 17.3 Å². The number of hydrogen-bond donors (Lipinski definition) is 1. The van der Waals surface area contributed by atoms with Gasteiger partial charge >= 0.3 is 6.18 Å². The second kappa shape index (κ2) is 7.11. The maximum Gasteiger partial charge on any atom is 0.416 e. The molecule has 1 aromatic carbocycles. The van der Waals surface area contributed by atoms with Crippen LogP contribution in [-0.2, 0) is 16.6 Å². The van der Waals surface area contributed by atoms with Gasteiger partial charge in [0.15, 0.2) is 0 Å². The number of amides is 1. The first kappa shape index (κ1) is 18.7. The standard InChI is InChI=1S/C17H23F3N2O2/c1-13(23)22-8-4-7-21(9-10-22)12-16(2,24)14-5-3-6-15(11-14)17(18,19)20/h3,5-6,11,24H,4,7-10,12H2,1-2H3. The summed E-state index contributed by atoms with van der Waals surface area (Å²) in [5.41, 5.74) is -1.92. The summed E-state index contributed by atoms with van der Waals surface area (Å²) >= 11 is 0. The maximum absolute atomic E-state index is 12.9. The highest BCUT2D eigenvalue weighted by Crippen LogP contribution is 2.32. The van der Waals surface area contributed by atoms with Crippen LogP contribution in [0.3, 0.4) is 0 Å². The lowest BCUT2D eigenvalue weighted by molar-refractivity contribution is -0.137. The number of nitrogens with zero attached hydrogens (tertiary/aromatic N) is 2. The molecular weight excluding hydrogens is 321 g/mol. The largest absolute Gasteiger partial charge is 0.416 e. The van der Waals surface area contributed by atoms with E-state index in [1.165, 1.54) is 26.0 Å². The maximum atomic E-state index is 12.9. The van der Waals surface area contributed by atoms with Crippen molar-refractivity contribution in [3.8, 4) is 0 Å². The highest BCUT2D eigenvalue weighted by molar-refractivity contribution is 5.73. The predicted octanol–water partition coefficient (Wildman–Crippen LogP) is 2.47. The van der Waals surface area contributed by atoms with Crippen LogP contribution in [-0.4, -0.2) is 53.5 Å². The van der Waals surface area contributed by atoms with Crippen molar-refractivity contribution in [3.63, 3.8) is 0 Å². The Morgan fingerprint density at radius 3 is 2.46 bits per heavy atom. The number of carbonyl (C=O) groups excluding carboxylic acids is 1. The molecule has 7 heteroatoms. The molecule has 4 nitrogen and oxygen atoms in total. The van der Waals surface area contributed by atoms with Crippen molar-refractivity contribution in [1.82, 2.24) is 9.80 Å². The van der Waals surface area contributed by atoms with Crippen molar-refractivity contribution in [2.45, 2.75) is 32.0 Å². The van der Waals surface area contributed by atoms with E-state index in [1.807, 2.05) is 4.90 Å². The van der Waals surface area contributed by atoms with Gasteiger partial charge in [-0.3, -0.25) is 9.69 Å². The van der Waals surface area contributed by atoms with Gasteiger partial charge in [-0.15, -0.1) is 0 Å². The van der Waals surface area contributed by atoms with E-state index in [0.717, 1.165) is 18.6 Å². The van der Waals surface area contributed by atoms with Gasteiger partial charge in [-0.05, 0) is 31.0 Å². The summed E-state index contributed by atoms with van der Waals surface area (Å²) in [7, 11) is 0. The minimum absolute atomic E-state index is 0.0153. The van der Waals surface area contributed by atoms with Crippen LogP contribution in [0.2, 0.25) is 0 Å². The zero-order chi connectivity index (χ0) is 18.0. The monoisotopic (exact) mass is 344 g/mol. The van der Waals surface area contributed by atoms with Gasteiger partial charge in [0.1, 0.15) is 0 Å². The molecule has 1 aromatic rings. The minimum atomic E-state index is -4.43. The fraction of sp³-hybridized carbons (Fsp3) is 0.588. The third-order valence-electron chi connectivity index (χ3n) is 4.38. The smallest absolute Gasteiger partial charge is 0.384 e. The average Bonchev–Trinajstić information content (AvgIpc) is 2.72. The van der Waals surface area contributed by atoms with Crippen molar-refractivity contribution in [3.05, 3.63) is 35.4 Å². The SMILES string of the molecule is CC(=O)N1CCCN(CC(C)(O)c2cccc(C(F)(F)F)c2)CC1. The van der Waals surface area contributed by atoms with Crippen molar-refractivity contribution in [2.75, 3.05) is 32.7 Å². The fourth-order valence-corrected chi connectivity index (χ4v) is 3.00.